The van der Waals surface area contributed by atoms with Gasteiger partial charge in [0.2, 0.25) is 9.84 Å². The van der Waals surface area contributed by atoms with Crippen molar-refractivity contribution in [2.45, 2.75) is 24.3 Å². The average molecular weight is 293 g/mol. The molecule has 0 amide bonds. The molecule has 1 heterocycles. The SMILES string of the molecule is Cc1ccc(S(=O)(=O)C(=O)[C@@H](N)Cc2cnc[nH]2)cc1. The van der Waals surface area contributed by atoms with Crippen LogP contribution < -0.4 is 5.73 Å². The van der Waals surface area contributed by atoms with Gasteiger partial charge in [-0.1, -0.05) is 17.7 Å². The summed E-state index contributed by atoms with van der Waals surface area (Å²) in [5.74, 6) is 0. The van der Waals surface area contributed by atoms with Crippen LogP contribution in [0.5, 0.6) is 0 Å². The Balaban J connectivity index is 2.20. The highest BCUT2D eigenvalue weighted by molar-refractivity contribution is 8.06. The van der Waals surface area contributed by atoms with E-state index in [1.165, 1.54) is 24.7 Å². The summed E-state index contributed by atoms with van der Waals surface area (Å²) < 4.78 is 24.3. The molecule has 3 N–H and O–H groups in total. The van der Waals surface area contributed by atoms with Gasteiger partial charge in [0.05, 0.1) is 17.3 Å². The highest BCUT2D eigenvalue weighted by Gasteiger charge is 2.30. The maximum atomic E-state index is 12.2. The van der Waals surface area contributed by atoms with Gasteiger partial charge in [-0.3, -0.25) is 4.79 Å². The minimum Gasteiger partial charge on any atom is -0.348 e. The zero-order chi connectivity index (χ0) is 14.8. The number of imidazole rings is 1. The lowest BCUT2D eigenvalue weighted by molar-refractivity contribution is -0.112. The number of nitrogens with two attached hydrogens (primary N) is 1. The van der Waals surface area contributed by atoms with Crippen LogP contribution in [0, 0.1) is 6.92 Å². The Labute approximate surface area is 117 Å². The van der Waals surface area contributed by atoms with Gasteiger partial charge >= 0.3 is 0 Å². The molecule has 7 heteroatoms. The number of nitrogens with one attached hydrogen (secondary N) is 1. The minimum atomic E-state index is -4.06. The van der Waals surface area contributed by atoms with Gasteiger partial charge in [0.1, 0.15) is 0 Å². The van der Waals surface area contributed by atoms with Crippen LogP contribution in [0.2, 0.25) is 0 Å². The van der Waals surface area contributed by atoms with Crippen molar-refractivity contribution in [3.63, 3.8) is 0 Å². The zero-order valence-corrected chi connectivity index (χ0v) is 11.7. The summed E-state index contributed by atoms with van der Waals surface area (Å²) in [5, 5.41) is -0.990. The number of carbonyl (C=O) groups excluding carboxylic acids is 1. The van der Waals surface area contributed by atoms with Crippen LogP contribution in [0.25, 0.3) is 0 Å². The van der Waals surface area contributed by atoms with Crippen molar-refractivity contribution in [2.24, 2.45) is 5.73 Å². The minimum absolute atomic E-state index is 0.0341. The molecule has 0 bridgehead atoms. The normalized spacial score (nSPS) is 13.1. The second-order valence-corrected chi connectivity index (χ2v) is 6.40. The Morgan fingerprint density at radius 2 is 2.00 bits per heavy atom. The van der Waals surface area contributed by atoms with Crippen molar-refractivity contribution >= 4 is 15.0 Å². The van der Waals surface area contributed by atoms with E-state index >= 15 is 0 Å². The molecule has 0 fully saturated rings. The van der Waals surface area contributed by atoms with Crippen LogP contribution in [0.15, 0.2) is 41.7 Å². The van der Waals surface area contributed by atoms with Crippen LogP contribution in [0.3, 0.4) is 0 Å². The number of hydrogen-bond donors (Lipinski definition) is 2. The maximum Gasteiger partial charge on any atom is 0.268 e. The third-order valence-electron chi connectivity index (χ3n) is 2.89. The van der Waals surface area contributed by atoms with Gasteiger partial charge < -0.3 is 10.7 Å². The number of benzene rings is 1. The van der Waals surface area contributed by atoms with Gasteiger partial charge in [-0.2, -0.15) is 0 Å². The van der Waals surface area contributed by atoms with Crippen LogP contribution >= 0.6 is 0 Å². The van der Waals surface area contributed by atoms with Gasteiger partial charge in [0, 0.05) is 18.3 Å². The zero-order valence-electron chi connectivity index (χ0n) is 10.9. The fourth-order valence-corrected chi connectivity index (χ4v) is 2.96. The van der Waals surface area contributed by atoms with Gasteiger partial charge in [-0.15, -0.1) is 0 Å². The molecule has 0 aliphatic carbocycles. The summed E-state index contributed by atoms with van der Waals surface area (Å²) in [6, 6.07) is 4.97. The molecule has 0 saturated carbocycles. The van der Waals surface area contributed by atoms with E-state index in [0.717, 1.165) is 5.56 Å². The standard InChI is InChI=1S/C13H15N3O3S/c1-9-2-4-11(5-3-9)20(18,19)13(17)12(14)6-10-7-15-8-16-10/h2-5,7-8,12H,6,14H2,1H3,(H,15,16)/t12-/m0/s1. The Hall–Kier alpha value is -1.99. The average Bonchev–Trinajstić information content (AvgIpc) is 2.91. The summed E-state index contributed by atoms with van der Waals surface area (Å²) in [6.45, 7) is 1.84. The molecule has 2 rings (SSSR count). The van der Waals surface area contributed by atoms with E-state index in [2.05, 4.69) is 9.97 Å². The smallest absolute Gasteiger partial charge is 0.268 e. The maximum absolute atomic E-state index is 12.2. The van der Waals surface area contributed by atoms with Crippen LogP contribution in [-0.4, -0.2) is 29.5 Å². The first-order valence-corrected chi connectivity index (χ1v) is 7.48. The molecule has 6 nitrogen and oxygen atoms in total. The van der Waals surface area contributed by atoms with Crippen molar-refractivity contribution in [2.75, 3.05) is 0 Å². The summed E-state index contributed by atoms with van der Waals surface area (Å²) in [7, 11) is -4.06. The van der Waals surface area contributed by atoms with Crippen molar-refractivity contribution in [1.29, 1.82) is 0 Å². The molecule has 106 valence electrons. The van der Waals surface area contributed by atoms with Crippen LogP contribution in [0.4, 0.5) is 0 Å². The predicted molar refractivity (Wildman–Crippen MR) is 73.6 cm³/mol. The van der Waals surface area contributed by atoms with Crippen LogP contribution in [0.1, 0.15) is 11.3 Å². The lowest BCUT2D eigenvalue weighted by atomic mass is 10.2. The topological polar surface area (TPSA) is 106 Å². The van der Waals surface area contributed by atoms with Gasteiger partial charge in [-0.25, -0.2) is 13.4 Å². The number of hydrogen-bond acceptors (Lipinski definition) is 5. The lowest BCUT2D eigenvalue weighted by Crippen LogP contribution is -2.37. The van der Waals surface area contributed by atoms with E-state index in [1.54, 1.807) is 12.1 Å². The summed E-state index contributed by atoms with van der Waals surface area (Å²) in [6.07, 6.45) is 3.05. The fourth-order valence-electron chi connectivity index (χ4n) is 1.75. The monoisotopic (exact) mass is 293 g/mol. The molecule has 0 radical (unpaired) electrons. The summed E-state index contributed by atoms with van der Waals surface area (Å²) in [4.78, 5) is 18.6. The third-order valence-corrected chi connectivity index (χ3v) is 4.62. The first kappa shape index (κ1) is 14.4. The number of carbonyl (C=O) groups is 1. The second-order valence-electron chi connectivity index (χ2n) is 4.52. The van der Waals surface area contributed by atoms with Gasteiger partial charge in [0.15, 0.2) is 0 Å². The molecular weight excluding hydrogens is 278 g/mol. The second kappa shape index (κ2) is 5.56. The number of H-pyrrole nitrogens is 1. The Kier molecular flexibility index (Phi) is 4.01. The third kappa shape index (κ3) is 2.94. The van der Waals surface area contributed by atoms with Gasteiger partial charge in [0.25, 0.3) is 5.12 Å². The first-order chi connectivity index (χ1) is 9.41. The van der Waals surface area contributed by atoms with Crippen LogP contribution in [-0.2, 0) is 21.1 Å². The molecule has 1 atom stereocenters. The van der Waals surface area contributed by atoms with E-state index < -0.39 is 21.0 Å². The molecule has 0 unspecified atom stereocenters. The summed E-state index contributed by atoms with van der Waals surface area (Å²) in [5.41, 5.74) is 7.22. The first-order valence-electron chi connectivity index (χ1n) is 5.99. The molecule has 0 saturated heterocycles. The van der Waals surface area contributed by atoms with Crippen molar-refractivity contribution in [1.82, 2.24) is 9.97 Å². The highest BCUT2D eigenvalue weighted by atomic mass is 32.2. The quantitative estimate of drug-likeness (QED) is 0.858. The number of sulfone groups is 1. The Bertz CT molecular complexity index is 691. The van der Waals surface area contributed by atoms with Crippen molar-refractivity contribution in [3.05, 3.63) is 48.0 Å². The molecular formula is C13H15N3O3S. The molecule has 0 aliphatic rings. The molecule has 1 aromatic carbocycles. The summed E-state index contributed by atoms with van der Waals surface area (Å²) >= 11 is 0. The van der Waals surface area contributed by atoms with Gasteiger partial charge in [-0.05, 0) is 19.1 Å². The predicted octanol–water partition coefficient (Wildman–Crippen LogP) is 0.588. The number of aryl methyl sites for hydroxylation is 1. The molecule has 0 spiro atoms. The number of aromatic nitrogens is 2. The number of aromatic amines is 1. The number of nitrogens with zero attached hydrogens (tertiary/aromatic N) is 1. The molecule has 20 heavy (non-hydrogen) atoms. The van der Waals surface area contributed by atoms with E-state index in [0.29, 0.717) is 5.69 Å². The molecule has 1 aromatic heterocycles. The lowest BCUT2D eigenvalue weighted by Gasteiger charge is -2.10. The Morgan fingerprint density at radius 3 is 2.55 bits per heavy atom. The Morgan fingerprint density at radius 1 is 1.35 bits per heavy atom. The fraction of sp³-hybridized carbons (Fsp3) is 0.231. The largest absolute Gasteiger partial charge is 0.348 e. The molecule has 2 aromatic rings. The van der Waals surface area contributed by atoms with E-state index in [-0.39, 0.29) is 11.3 Å². The van der Waals surface area contributed by atoms with Crippen molar-refractivity contribution < 1.29 is 13.2 Å². The van der Waals surface area contributed by atoms with E-state index in [9.17, 15) is 13.2 Å². The van der Waals surface area contributed by atoms with Crippen molar-refractivity contribution in [3.8, 4) is 0 Å². The highest BCUT2D eigenvalue weighted by Crippen LogP contribution is 2.15. The number of rotatable bonds is 4. The molecule has 0 aliphatic heterocycles. The van der Waals surface area contributed by atoms with E-state index in [1.807, 2.05) is 6.92 Å². The van der Waals surface area contributed by atoms with E-state index in [4.69, 9.17) is 5.73 Å².